The number of hydrogen-bond acceptors (Lipinski definition) is 1. The molecule has 0 bridgehead atoms. The first-order chi connectivity index (χ1) is 10.1. The first-order valence-electron chi connectivity index (χ1n) is 7.72. The lowest BCUT2D eigenvalue weighted by molar-refractivity contribution is -0.942. The number of likely N-dealkylation sites (tertiary alicyclic amines) is 1. The number of benzene rings is 1. The van der Waals surface area contributed by atoms with Crippen LogP contribution >= 0.6 is 15.9 Å². The van der Waals surface area contributed by atoms with Gasteiger partial charge in [0.25, 0.3) is 0 Å². The van der Waals surface area contributed by atoms with E-state index in [-0.39, 0.29) is 5.43 Å². The SMILES string of the molecule is Cc1[nH]c2ccc(Br)cc2c(=O)c1C[NH+]1CCCC[C@H]1C. The Labute approximate surface area is 133 Å². The highest BCUT2D eigenvalue weighted by atomic mass is 79.9. The fourth-order valence-electron chi connectivity index (χ4n) is 3.38. The van der Waals surface area contributed by atoms with Crippen LogP contribution in [0, 0.1) is 6.92 Å². The Morgan fingerprint density at radius 3 is 2.95 bits per heavy atom. The van der Waals surface area contributed by atoms with Crippen LogP contribution in [-0.2, 0) is 6.54 Å². The van der Waals surface area contributed by atoms with Gasteiger partial charge in [-0.15, -0.1) is 0 Å². The highest BCUT2D eigenvalue weighted by molar-refractivity contribution is 9.10. The minimum atomic E-state index is 0.188. The van der Waals surface area contributed by atoms with Gasteiger partial charge in [0.15, 0.2) is 5.43 Å². The van der Waals surface area contributed by atoms with Crippen molar-refractivity contribution < 1.29 is 4.90 Å². The van der Waals surface area contributed by atoms with Crippen molar-refractivity contribution >= 4 is 26.8 Å². The van der Waals surface area contributed by atoms with E-state index in [1.165, 1.54) is 25.8 Å². The Kier molecular flexibility index (Phi) is 4.18. The Morgan fingerprint density at radius 1 is 1.38 bits per heavy atom. The Morgan fingerprint density at radius 2 is 2.19 bits per heavy atom. The number of nitrogens with one attached hydrogen (secondary N) is 2. The number of aromatic amines is 1. The molecule has 21 heavy (non-hydrogen) atoms. The van der Waals surface area contributed by atoms with E-state index in [2.05, 4.69) is 27.8 Å². The van der Waals surface area contributed by atoms with Crippen LogP contribution in [-0.4, -0.2) is 17.6 Å². The molecule has 1 fully saturated rings. The number of aryl methyl sites for hydroxylation is 1. The molecule has 1 unspecified atom stereocenters. The molecule has 4 heteroatoms. The molecule has 1 aromatic carbocycles. The van der Waals surface area contributed by atoms with Crippen molar-refractivity contribution in [3.63, 3.8) is 0 Å². The number of aromatic nitrogens is 1. The van der Waals surface area contributed by atoms with Crippen LogP contribution in [0.2, 0.25) is 0 Å². The predicted octanol–water partition coefficient (Wildman–Crippen LogP) is 2.56. The third kappa shape index (κ3) is 2.92. The van der Waals surface area contributed by atoms with Gasteiger partial charge in [-0.25, -0.2) is 0 Å². The zero-order valence-electron chi connectivity index (χ0n) is 12.6. The first-order valence-corrected chi connectivity index (χ1v) is 8.51. The lowest BCUT2D eigenvalue weighted by Crippen LogP contribution is -3.15. The molecule has 0 spiro atoms. The van der Waals surface area contributed by atoms with E-state index in [0.29, 0.717) is 6.04 Å². The molecule has 0 radical (unpaired) electrons. The van der Waals surface area contributed by atoms with Gasteiger partial charge in [0, 0.05) is 21.1 Å². The summed E-state index contributed by atoms with van der Waals surface area (Å²) in [7, 11) is 0. The summed E-state index contributed by atoms with van der Waals surface area (Å²) in [6.07, 6.45) is 3.87. The summed E-state index contributed by atoms with van der Waals surface area (Å²) in [4.78, 5) is 17.8. The smallest absolute Gasteiger partial charge is 0.198 e. The van der Waals surface area contributed by atoms with E-state index >= 15 is 0 Å². The molecule has 0 aliphatic carbocycles. The zero-order valence-corrected chi connectivity index (χ0v) is 14.2. The third-order valence-corrected chi connectivity index (χ3v) is 5.25. The fraction of sp³-hybridized carbons (Fsp3) is 0.471. The molecule has 1 aromatic heterocycles. The monoisotopic (exact) mass is 349 g/mol. The second kappa shape index (κ2) is 5.93. The molecule has 2 aromatic rings. The number of quaternary nitrogens is 1. The maximum atomic E-state index is 12.8. The van der Waals surface area contributed by atoms with Crippen LogP contribution in [0.25, 0.3) is 10.9 Å². The van der Waals surface area contributed by atoms with E-state index < -0.39 is 0 Å². The van der Waals surface area contributed by atoms with Crippen LogP contribution in [0.15, 0.2) is 27.5 Å². The number of fused-ring (bicyclic) bond motifs is 1. The number of hydrogen-bond donors (Lipinski definition) is 2. The quantitative estimate of drug-likeness (QED) is 0.858. The zero-order chi connectivity index (χ0) is 15.0. The molecule has 2 heterocycles. The van der Waals surface area contributed by atoms with Gasteiger partial charge >= 0.3 is 0 Å². The Bertz CT molecular complexity index is 723. The molecule has 2 N–H and O–H groups in total. The molecule has 1 aliphatic rings. The average molecular weight is 350 g/mol. The highest BCUT2D eigenvalue weighted by Crippen LogP contribution is 2.17. The minimum absolute atomic E-state index is 0.188. The molecule has 3 rings (SSSR count). The van der Waals surface area contributed by atoms with Gasteiger partial charge in [0.2, 0.25) is 0 Å². The molecule has 112 valence electrons. The van der Waals surface area contributed by atoms with E-state index in [9.17, 15) is 4.79 Å². The number of rotatable bonds is 2. The van der Waals surface area contributed by atoms with Gasteiger partial charge in [-0.1, -0.05) is 15.9 Å². The average Bonchev–Trinajstić information content (AvgIpc) is 2.46. The van der Waals surface area contributed by atoms with Crippen molar-refractivity contribution in [1.29, 1.82) is 0 Å². The van der Waals surface area contributed by atoms with E-state index in [1.54, 1.807) is 4.90 Å². The van der Waals surface area contributed by atoms with Gasteiger partial charge in [-0.2, -0.15) is 0 Å². The highest BCUT2D eigenvalue weighted by Gasteiger charge is 2.24. The van der Waals surface area contributed by atoms with Crippen LogP contribution in [0.3, 0.4) is 0 Å². The summed E-state index contributed by atoms with van der Waals surface area (Å²) in [5.74, 6) is 0. The topological polar surface area (TPSA) is 37.3 Å². The molecule has 0 amide bonds. The maximum Gasteiger partial charge on any atom is 0.198 e. The summed E-state index contributed by atoms with van der Waals surface area (Å²) in [5, 5.41) is 0.786. The van der Waals surface area contributed by atoms with E-state index in [4.69, 9.17) is 0 Å². The Balaban J connectivity index is 2.03. The van der Waals surface area contributed by atoms with Crippen molar-refractivity contribution in [2.75, 3.05) is 6.54 Å². The van der Waals surface area contributed by atoms with Crippen molar-refractivity contribution in [2.24, 2.45) is 0 Å². The summed E-state index contributed by atoms with van der Waals surface area (Å²) in [5.41, 5.74) is 3.07. The normalized spacial score (nSPS) is 22.6. The van der Waals surface area contributed by atoms with E-state index in [1.807, 2.05) is 25.1 Å². The molecule has 1 aliphatic heterocycles. The van der Waals surface area contributed by atoms with Crippen molar-refractivity contribution in [3.8, 4) is 0 Å². The van der Waals surface area contributed by atoms with E-state index in [0.717, 1.165) is 33.2 Å². The molecule has 2 atom stereocenters. The second-order valence-electron chi connectivity index (χ2n) is 6.23. The third-order valence-electron chi connectivity index (χ3n) is 4.76. The van der Waals surface area contributed by atoms with Gasteiger partial charge in [0.05, 0.1) is 18.2 Å². The molecule has 0 saturated carbocycles. The summed E-state index contributed by atoms with van der Waals surface area (Å²) in [6, 6.07) is 6.51. The van der Waals surface area contributed by atoms with Crippen molar-refractivity contribution in [1.82, 2.24) is 4.98 Å². The van der Waals surface area contributed by atoms with Gasteiger partial charge < -0.3 is 9.88 Å². The van der Waals surface area contributed by atoms with Crippen LogP contribution in [0.4, 0.5) is 0 Å². The van der Waals surface area contributed by atoms with Crippen LogP contribution in [0.1, 0.15) is 37.4 Å². The van der Waals surface area contributed by atoms with Gasteiger partial charge in [-0.3, -0.25) is 4.79 Å². The predicted molar refractivity (Wildman–Crippen MR) is 89.9 cm³/mol. The Hall–Kier alpha value is -1.13. The lowest BCUT2D eigenvalue weighted by Gasteiger charge is -2.30. The molecular formula is C17H22BrN2O+. The number of pyridine rings is 1. The fourth-order valence-corrected chi connectivity index (χ4v) is 3.74. The summed E-state index contributed by atoms with van der Waals surface area (Å²) in [6.45, 7) is 6.34. The molecular weight excluding hydrogens is 328 g/mol. The molecule has 3 nitrogen and oxygen atoms in total. The number of piperidine rings is 1. The summed E-state index contributed by atoms with van der Waals surface area (Å²) < 4.78 is 0.953. The maximum absolute atomic E-state index is 12.8. The van der Waals surface area contributed by atoms with Crippen molar-refractivity contribution in [3.05, 3.63) is 44.2 Å². The van der Waals surface area contributed by atoms with Gasteiger partial charge in [-0.05, 0) is 51.3 Å². The van der Waals surface area contributed by atoms with Crippen molar-refractivity contribution in [2.45, 2.75) is 45.7 Å². The van der Waals surface area contributed by atoms with Crippen LogP contribution in [0.5, 0.6) is 0 Å². The molecule has 1 saturated heterocycles. The van der Waals surface area contributed by atoms with Gasteiger partial charge in [0.1, 0.15) is 6.54 Å². The second-order valence-corrected chi connectivity index (χ2v) is 7.15. The standard InChI is InChI=1S/C17H21BrN2O/c1-11-5-3-4-8-20(11)10-15-12(2)19-16-7-6-13(18)9-14(16)17(15)21/h6-7,9,11H,3-5,8,10H2,1-2H3,(H,19,21)/p+1/t11-/m1/s1. The van der Waals surface area contributed by atoms with Crippen LogP contribution < -0.4 is 10.3 Å². The lowest BCUT2D eigenvalue weighted by atomic mass is 10.0. The number of H-pyrrole nitrogens is 1. The first kappa shape index (κ1) is 14.8. The summed E-state index contributed by atoms with van der Waals surface area (Å²) >= 11 is 3.46. The number of halogens is 1. The minimum Gasteiger partial charge on any atom is -0.358 e. The largest absolute Gasteiger partial charge is 0.358 e.